The third kappa shape index (κ3) is 5.69. The minimum absolute atomic E-state index is 0. The van der Waals surface area contributed by atoms with Crippen molar-refractivity contribution in [1.82, 2.24) is 5.32 Å². The first-order valence-electron chi connectivity index (χ1n) is 11.1. The van der Waals surface area contributed by atoms with Crippen LogP contribution >= 0.6 is 12.4 Å². The molecule has 34 heavy (non-hydrogen) atoms. The van der Waals surface area contributed by atoms with Crippen molar-refractivity contribution in [2.24, 2.45) is 0 Å². The van der Waals surface area contributed by atoms with Gasteiger partial charge in [0.05, 0.1) is 12.7 Å². The lowest BCUT2D eigenvalue weighted by Crippen LogP contribution is -2.36. The molecule has 3 aromatic carbocycles. The number of rotatable bonds is 8. The standard InChI is InChI=1S/C27H28FNO4.ClH/c1-17-7-9-19(27(30)31)14-22(17)23-15-20(33-25-6-4-3-5-21(23)25)16-29-12-11-18-8-10-24(28)26(13-18)32-2;/h3-10,13-14,20,23,29H,11-12,15-16H2,1-2H3,(H,30,31);1H/t20-,23-;/m1./s1. The first kappa shape index (κ1) is 25.5. The predicted molar refractivity (Wildman–Crippen MR) is 132 cm³/mol. The Hall–Kier alpha value is -3.09. The number of nitrogens with one attached hydrogen (secondary N) is 1. The largest absolute Gasteiger partial charge is 0.494 e. The summed E-state index contributed by atoms with van der Waals surface area (Å²) in [5, 5.41) is 12.9. The van der Waals surface area contributed by atoms with Crippen molar-refractivity contribution in [3.8, 4) is 11.5 Å². The molecule has 180 valence electrons. The number of benzene rings is 3. The number of carboxylic acid groups (broad SMARTS) is 1. The van der Waals surface area contributed by atoms with Gasteiger partial charge in [-0.3, -0.25) is 0 Å². The smallest absolute Gasteiger partial charge is 0.335 e. The van der Waals surface area contributed by atoms with Crippen molar-refractivity contribution in [1.29, 1.82) is 0 Å². The topological polar surface area (TPSA) is 67.8 Å². The van der Waals surface area contributed by atoms with Crippen LogP contribution in [0.4, 0.5) is 4.39 Å². The Morgan fingerprint density at radius 3 is 2.71 bits per heavy atom. The first-order valence-corrected chi connectivity index (χ1v) is 11.1. The normalized spacial score (nSPS) is 16.7. The number of para-hydroxylation sites is 1. The fraction of sp³-hybridized carbons (Fsp3) is 0.296. The molecule has 0 saturated carbocycles. The second-order valence-corrected chi connectivity index (χ2v) is 8.37. The zero-order chi connectivity index (χ0) is 23.4. The van der Waals surface area contributed by atoms with Gasteiger partial charge >= 0.3 is 5.97 Å². The maximum Gasteiger partial charge on any atom is 0.335 e. The van der Waals surface area contributed by atoms with Crippen molar-refractivity contribution in [2.75, 3.05) is 20.2 Å². The fourth-order valence-corrected chi connectivity index (χ4v) is 4.42. The number of fused-ring (bicyclic) bond motifs is 1. The number of carbonyl (C=O) groups is 1. The van der Waals surface area contributed by atoms with E-state index in [1.165, 1.54) is 13.2 Å². The van der Waals surface area contributed by atoms with Crippen LogP contribution < -0.4 is 14.8 Å². The molecule has 1 aliphatic heterocycles. The van der Waals surface area contributed by atoms with Gasteiger partial charge in [-0.2, -0.15) is 0 Å². The summed E-state index contributed by atoms with van der Waals surface area (Å²) in [6.45, 7) is 3.39. The van der Waals surface area contributed by atoms with Gasteiger partial charge in [0.25, 0.3) is 0 Å². The summed E-state index contributed by atoms with van der Waals surface area (Å²) < 4.78 is 24.9. The number of carboxylic acids is 1. The van der Waals surface area contributed by atoms with E-state index in [0.29, 0.717) is 18.7 Å². The SMILES string of the molecule is COc1cc(CCNC[C@H]2C[C@@H](c3cc(C(=O)O)ccc3C)c3ccccc3O2)ccc1F.Cl. The molecule has 1 aliphatic rings. The number of aromatic carboxylic acids is 1. The van der Waals surface area contributed by atoms with Crippen LogP contribution in [0.2, 0.25) is 0 Å². The van der Waals surface area contributed by atoms with Gasteiger partial charge in [0.1, 0.15) is 11.9 Å². The number of halogens is 2. The van der Waals surface area contributed by atoms with Crippen LogP contribution in [0.25, 0.3) is 0 Å². The van der Waals surface area contributed by atoms with Crippen LogP contribution in [0.5, 0.6) is 11.5 Å². The molecule has 3 aromatic rings. The van der Waals surface area contributed by atoms with E-state index in [1.54, 1.807) is 24.3 Å². The summed E-state index contributed by atoms with van der Waals surface area (Å²) in [5.74, 6) is -0.142. The van der Waals surface area contributed by atoms with Crippen molar-refractivity contribution in [3.63, 3.8) is 0 Å². The van der Waals surface area contributed by atoms with Crippen molar-refractivity contribution >= 4 is 18.4 Å². The molecule has 0 aliphatic carbocycles. The maximum absolute atomic E-state index is 13.6. The van der Waals surface area contributed by atoms with Crippen LogP contribution in [-0.4, -0.2) is 37.4 Å². The Kier molecular flexibility index (Phi) is 8.53. The maximum atomic E-state index is 13.6. The lowest BCUT2D eigenvalue weighted by Gasteiger charge is -2.33. The van der Waals surface area contributed by atoms with E-state index in [-0.39, 0.29) is 36.0 Å². The average Bonchev–Trinajstić information content (AvgIpc) is 2.82. The molecule has 4 rings (SSSR count). The van der Waals surface area contributed by atoms with E-state index < -0.39 is 5.97 Å². The molecule has 0 bridgehead atoms. The molecule has 7 heteroatoms. The van der Waals surface area contributed by atoms with E-state index in [4.69, 9.17) is 9.47 Å². The van der Waals surface area contributed by atoms with E-state index in [1.807, 2.05) is 31.2 Å². The number of methoxy groups -OCH3 is 1. The van der Waals surface area contributed by atoms with E-state index in [9.17, 15) is 14.3 Å². The Bertz CT molecular complexity index is 1150. The lowest BCUT2D eigenvalue weighted by molar-refractivity contribution is 0.0696. The van der Waals surface area contributed by atoms with Crippen molar-refractivity contribution in [2.45, 2.75) is 31.8 Å². The van der Waals surface area contributed by atoms with Crippen LogP contribution in [0.15, 0.2) is 60.7 Å². The minimum atomic E-state index is -0.924. The fourth-order valence-electron chi connectivity index (χ4n) is 4.42. The molecule has 2 N–H and O–H groups in total. The molecular weight excluding hydrogens is 457 g/mol. The first-order chi connectivity index (χ1) is 16.0. The molecule has 0 aromatic heterocycles. The Morgan fingerprint density at radius 2 is 1.94 bits per heavy atom. The third-order valence-corrected chi connectivity index (χ3v) is 6.17. The highest BCUT2D eigenvalue weighted by atomic mass is 35.5. The van der Waals surface area contributed by atoms with Gasteiger partial charge in [-0.05, 0) is 73.3 Å². The predicted octanol–water partition coefficient (Wildman–Crippen LogP) is 5.38. The van der Waals surface area contributed by atoms with Crippen molar-refractivity contribution < 1.29 is 23.8 Å². The molecule has 0 saturated heterocycles. The number of ether oxygens (including phenoxy) is 2. The van der Waals surface area contributed by atoms with Crippen LogP contribution in [-0.2, 0) is 6.42 Å². The van der Waals surface area contributed by atoms with Crippen LogP contribution in [0, 0.1) is 12.7 Å². The monoisotopic (exact) mass is 485 g/mol. The second-order valence-electron chi connectivity index (χ2n) is 8.37. The Balaban J connectivity index is 0.00000324. The molecule has 5 nitrogen and oxygen atoms in total. The van der Waals surface area contributed by atoms with E-state index >= 15 is 0 Å². The molecule has 0 fully saturated rings. The number of hydrogen-bond acceptors (Lipinski definition) is 4. The highest BCUT2D eigenvalue weighted by molar-refractivity contribution is 5.88. The Morgan fingerprint density at radius 1 is 1.15 bits per heavy atom. The van der Waals surface area contributed by atoms with Gasteiger partial charge in [-0.1, -0.05) is 30.3 Å². The van der Waals surface area contributed by atoms with E-state index in [0.717, 1.165) is 40.8 Å². The summed E-state index contributed by atoms with van der Waals surface area (Å²) in [4.78, 5) is 11.5. The van der Waals surface area contributed by atoms with Gasteiger partial charge in [0.15, 0.2) is 11.6 Å². The minimum Gasteiger partial charge on any atom is -0.494 e. The van der Waals surface area contributed by atoms with Gasteiger partial charge in [-0.15, -0.1) is 12.4 Å². The molecule has 0 spiro atoms. The molecule has 0 radical (unpaired) electrons. The third-order valence-electron chi connectivity index (χ3n) is 6.17. The quantitative estimate of drug-likeness (QED) is 0.419. The highest BCUT2D eigenvalue weighted by Gasteiger charge is 2.30. The summed E-state index contributed by atoms with van der Waals surface area (Å²) in [7, 11) is 1.46. The number of aryl methyl sites for hydroxylation is 1. The second kappa shape index (κ2) is 11.4. The van der Waals surface area contributed by atoms with Gasteiger partial charge < -0.3 is 19.9 Å². The summed E-state index contributed by atoms with van der Waals surface area (Å²) in [6.07, 6.45) is 1.43. The zero-order valence-electron chi connectivity index (χ0n) is 19.2. The lowest BCUT2D eigenvalue weighted by atomic mass is 9.81. The molecular formula is C27H29ClFNO4. The molecule has 1 heterocycles. The highest BCUT2D eigenvalue weighted by Crippen LogP contribution is 2.41. The molecule has 0 unspecified atom stereocenters. The summed E-state index contributed by atoms with van der Waals surface area (Å²) in [5.41, 5.74) is 4.46. The number of hydrogen-bond donors (Lipinski definition) is 2. The average molecular weight is 486 g/mol. The van der Waals surface area contributed by atoms with Gasteiger partial charge in [0, 0.05) is 18.0 Å². The Labute approximate surface area is 205 Å². The zero-order valence-corrected chi connectivity index (χ0v) is 20.0. The molecule has 2 atom stereocenters. The van der Waals surface area contributed by atoms with E-state index in [2.05, 4.69) is 11.4 Å². The summed E-state index contributed by atoms with van der Waals surface area (Å²) >= 11 is 0. The summed E-state index contributed by atoms with van der Waals surface area (Å²) in [6, 6.07) is 18.2. The van der Waals surface area contributed by atoms with Gasteiger partial charge in [0.2, 0.25) is 0 Å². The van der Waals surface area contributed by atoms with Crippen LogP contribution in [0.1, 0.15) is 45.0 Å². The molecule has 0 amide bonds. The van der Waals surface area contributed by atoms with Crippen molar-refractivity contribution in [3.05, 3.63) is 94.3 Å². The van der Waals surface area contributed by atoms with Crippen LogP contribution in [0.3, 0.4) is 0 Å². The van der Waals surface area contributed by atoms with Gasteiger partial charge in [-0.25, -0.2) is 9.18 Å².